The number of hydrogen-bond acceptors (Lipinski definition) is 14. The smallest absolute Gasteiger partial charge is 0.741 e. The summed E-state index contributed by atoms with van der Waals surface area (Å²) in [5.74, 6) is 1.23. The zero-order chi connectivity index (χ0) is 40.7. The Balaban J connectivity index is 0.000000269. The molecule has 14 nitrogen and oxygen atoms in total. The summed E-state index contributed by atoms with van der Waals surface area (Å²) in [5.41, 5.74) is -10.3. The molecule has 0 fully saturated rings. The van der Waals surface area contributed by atoms with E-state index in [4.69, 9.17) is 63.4 Å². The van der Waals surface area contributed by atoms with Crippen LogP contribution in [0.1, 0.15) is 45.7 Å². The molecule has 4 atom stereocenters. The maximum Gasteiger partial charge on any atom is 3.00 e. The first-order chi connectivity index (χ1) is 24.6. The molecule has 1 aromatic heterocycles. The summed E-state index contributed by atoms with van der Waals surface area (Å²) in [6.45, 7) is 0. The van der Waals surface area contributed by atoms with Gasteiger partial charge in [-0.05, 0) is 34.4 Å². The third-order valence-electron chi connectivity index (χ3n) is 7.37. The maximum atomic E-state index is 10.7. The maximum absolute atomic E-state index is 10.7. The van der Waals surface area contributed by atoms with E-state index in [1.165, 1.54) is 22.3 Å². The van der Waals surface area contributed by atoms with Gasteiger partial charge in [0.05, 0.1) is 0 Å². The van der Waals surface area contributed by atoms with Crippen molar-refractivity contribution in [1.82, 2.24) is 4.98 Å². The normalized spacial score (nSPS) is 21.0. The molecular weight excluding hydrogens is 866 g/mol. The first-order valence-corrected chi connectivity index (χ1v) is 18.5. The number of aliphatic imine (C=N–C) groups is 2. The van der Waals surface area contributed by atoms with Gasteiger partial charge < -0.3 is 23.1 Å². The SMILES string of the molecule is O=S(=O)([O-])C(F)(F)F.O=S(=O)([O-])C(F)(F)F.O=S(=O)([O-])C(F)(F)F.[Sc+3].c1cc(C2=N[C@H]3c4ccccc4C[C@H]3O2)nc(C2=N[C@H]3c4ccccc4C[C@H]3O2)c1. The van der Waals surface area contributed by atoms with Crippen molar-refractivity contribution < 1.29 is 114 Å². The van der Waals surface area contributed by atoms with Crippen LogP contribution in [-0.4, -0.2) is 84.4 Å². The zero-order valence-electron chi connectivity index (χ0n) is 26.6. The molecule has 0 spiro atoms. The van der Waals surface area contributed by atoms with E-state index in [0.717, 1.165) is 24.2 Å². The van der Waals surface area contributed by atoms with Gasteiger partial charge in [-0.25, -0.2) is 40.2 Å². The van der Waals surface area contributed by atoms with Crippen LogP contribution in [0.15, 0.2) is 76.7 Å². The average Bonchev–Trinajstić information content (AvgIpc) is 3.78. The van der Waals surface area contributed by atoms with E-state index in [-0.39, 0.29) is 50.1 Å². The Morgan fingerprint density at radius 1 is 0.527 bits per heavy atom. The minimum atomic E-state index is -6.09. The van der Waals surface area contributed by atoms with Gasteiger partial charge in [0.1, 0.15) is 35.7 Å². The molecule has 0 bridgehead atoms. The van der Waals surface area contributed by atoms with Crippen LogP contribution in [0.3, 0.4) is 0 Å². The molecule has 0 saturated carbocycles. The fourth-order valence-electron chi connectivity index (χ4n) is 5.12. The van der Waals surface area contributed by atoms with E-state index in [9.17, 15) is 39.5 Å². The first kappa shape index (κ1) is 45.9. The summed E-state index contributed by atoms with van der Waals surface area (Å²) in [6, 6.07) is 22.9. The number of alkyl halides is 9. The van der Waals surface area contributed by atoms with Crippen molar-refractivity contribution in [3.05, 3.63) is 100 Å². The molecule has 55 heavy (non-hydrogen) atoms. The Morgan fingerprint density at radius 3 is 1.11 bits per heavy atom. The molecule has 2 aliphatic heterocycles. The molecule has 0 radical (unpaired) electrons. The predicted molar refractivity (Wildman–Crippen MR) is 160 cm³/mol. The van der Waals surface area contributed by atoms with E-state index >= 15 is 0 Å². The van der Waals surface area contributed by atoms with Gasteiger partial charge in [0.25, 0.3) is 0 Å². The number of aromatic nitrogens is 1. The molecule has 0 saturated heterocycles. The van der Waals surface area contributed by atoms with Gasteiger partial charge in [-0.3, -0.25) is 0 Å². The third kappa shape index (κ3) is 11.1. The average molecular weight is 886 g/mol. The van der Waals surface area contributed by atoms with Crippen molar-refractivity contribution in [3.8, 4) is 0 Å². The fraction of sp³-hybridized carbons (Fsp3) is 0.321. The van der Waals surface area contributed by atoms with E-state index in [2.05, 4.69) is 48.5 Å². The molecule has 0 amide bonds. The number of ether oxygens (including phenoxy) is 2. The van der Waals surface area contributed by atoms with Gasteiger partial charge in [-0.15, -0.1) is 0 Å². The summed E-state index contributed by atoms with van der Waals surface area (Å²) < 4.78 is 189. The third-order valence-corrected chi connectivity index (χ3v) is 9.07. The van der Waals surface area contributed by atoms with Crippen molar-refractivity contribution in [2.45, 2.75) is 53.7 Å². The van der Waals surface area contributed by atoms with Crippen LogP contribution >= 0.6 is 0 Å². The molecular formula is C28H19F9N3O11S3Sc. The van der Waals surface area contributed by atoms with Crippen LogP contribution in [0, 0.1) is 0 Å². The zero-order valence-corrected chi connectivity index (χ0v) is 30.9. The Labute approximate surface area is 323 Å². The predicted octanol–water partition coefficient (Wildman–Crippen LogP) is 4.12. The molecule has 2 aromatic carbocycles. The minimum absolute atomic E-state index is 0. The van der Waals surface area contributed by atoms with E-state index in [0.29, 0.717) is 11.8 Å². The number of nitrogens with zero attached hydrogens (tertiary/aromatic N) is 3. The summed E-state index contributed by atoms with van der Waals surface area (Å²) in [7, 11) is -18.3. The van der Waals surface area contributed by atoms with Gasteiger partial charge in [0, 0.05) is 12.8 Å². The second-order valence-electron chi connectivity index (χ2n) is 11.0. The molecule has 296 valence electrons. The van der Waals surface area contributed by atoms with Crippen LogP contribution in [0.2, 0.25) is 0 Å². The standard InChI is InChI=1S/C25H19N3O2.3CHF3O3S.Sc/c1-3-8-16-14(6-1)12-20-22(16)27-24(29-20)18-10-5-11-19(26-18)25-28-23-17-9-4-2-7-15(17)13-21(23)30-25;3*2-1(3,4)8(5,6)7;/h1-11,20-23H,12-13H2;3*(H,5,6,7);/q;;;;+3/p-3/t20-,21-,22+,23+;;;;/m1..../s1. The van der Waals surface area contributed by atoms with Crippen molar-refractivity contribution in [2.24, 2.45) is 9.98 Å². The number of fused-ring (bicyclic) bond motifs is 6. The quantitative estimate of drug-likeness (QED) is 0.201. The molecule has 3 heterocycles. The van der Waals surface area contributed by atoms with E-state index in [1.807, 2.05) is 18.2 Å². The van der Waals surface area contributed by atoms with Crippen molar-refractivity contribution >= 4 is 42.1 Å². The van der Waals surface area contributed by atoms with Gasteiger partial charge >= 0.3 is 42.4 Å². The van der Waals surface area contributed by atoms with Crippen molar-refractivity contribution in [1.29, 1.82) is 0 Å². The number of benzene rings is 2. The fourth-order valence-corrected chi connectivity index (χ4v) is 5.12. The largest absolute Gasteiger partial charge is 3.00 e. The summed E-state index contributed by atoms with van der Waals surface area (Å²) >= 11 is 0. The number of pyridine rings is 1. The first-order valence-electron chi connectivity index (χ1n) is 14.3. The molecule has 27 heteroatoms. The second kappa shape index (κ2) is 16.5. The van der Waals surface area contributed by atoms with Gasteiger partial charge in [-0.1, -0.05) is 54.6 Å². The molecule has 3 aromatic rings. The monoisotopic (exact) mass is 885 g/mol. The summed E-state index contributed by atoms with van der Waals surface area (Å²) in [6.07, 6.45) is 1.93. The Kier molecular flexibility index (Phi) is 13.8. The molecule has 0 unspecified atom stereocenters. The summed E-state index contributed by atoms with van der Waals surface area (Å²) in [5, 5.41) is 0. The molecule has 2 aliphatic carbocycles. The van der Waals surface area contributed by atoms with Crippen LogP contribution in [0.4, 0.5) is 39.5 Å². The van der Waals surface area contributed by atoms with Crippen molar-refractivity contribution in [3.63, 3.8) is 0 Å². The van der Waals surface area contributed by atoms with E-state index < -0.39 is 46.9 Å². The van der Waals surface area contributed by atoms with Gasteiger partial charge in [-0.2, -0.15) is 39.5 Å². The van der Waals surface area contributed by atoms with Crippen LogP contribution < -0.4 is 0 Å². The number of halogens is 9. The minimum Gasteiger partial charge on any atom is -0.741 e. The van der Waals surface area contributed by atoms with Gasteiger partial charge in [0.15, 0.2) is 30.4 Å². The Morgan fingerprint density at radius 2 is 0.818 bits per heavy atom. The van der Waals surface area contributed by atoms with Crippen molar-refractivity contribution in [2.75, 3.05) is 0 Å². The topological polar surface area (TPSA) is 228 Å². The Hall–Kier alpha value is -3.50. The second-order valence-corrected chi connectivity index (χ2v) is 15.1. The van der Waals surface area contributed by atoms with Gasteiger partial charge in [0.2, 0.25) is 11.8 Å². The summed E-state index contributed by atoms with van der Waals surface area (Å²) in [4.78, 5) is 14.5. The van der Waals surface area contributed by atoms with Crippen LogP contribution in [-0.2, 0) is 78.5 Å². The van der Waals surface area contributed by atoms with E-state index in [1.54, 1.807) is 0 Å². The molecule has 7 rings (SSSR count). The van der Waals surface area contributed by atoms with Crippen LogP contribution in [0.5, 0.6) is 0 Å². The molecule has 0 N–H and O–H groups in total. The molecule has 4 aliphatic rings. The Bertz CT molecular complexity index is 2100. The number of hydrogen-bond donors (Lipinski definition) is 0. The number of rotatable bonds is 2. The van der Waals surface area contributed by atoms with Crippen LogP contribution in [0.25, 0.3) is 0 Å².